The number of hydrogen-bond donors (Lipinski definition) is 1. The summed E-state index contributed by atoms with van der Waals surface area (Å²) in [6.45, 7) is 0.636. The second kappa shape index (κ2) is 6.25. The predicted octanol–water partition coefficient (Wildman–Crippen LogP) is 3.74. The van der Waals surface area contributed by atoms with Gasteiger partial charge in [-0.25, -0.2) is 0 Å². The molecule has 1 nitrogen and oxygen atoms in total. The molecule has 0 amide bonds. The van der Waals surface area contributed by atoms with Crippen LogP contribution in [0.15, 0.2) is 12.1 Å². The smallest absolute Gasteiger partial charge is 0.0619 e. The van der Waals surface area contributed by atoms with Crippen LogP contribution >= 0.6 is 34.8 Å². The summed E-state index contributed by atoms with van der Waals surface area (Å²) in [5, 5.41) is 1.47. The van der Waals surface area contributed by atoms with E-state index in [0.717, 1.165) is 12.8 Å². The molecule has 0 atom stereocenters. The Morgan fingerprint density at radius 1 is 1.13 bits per heavy atom. The number of benzene rings is 1. The summed E-state index contributed by atoms with van der Waals surface area (Å²) in [6, 6.07) is 3.25. The lowest BCUT2D eigenvalue weighted by atomic mass is 10.2. The first-order chi connectivity index (χ1) is 7.15. The van der Waals surface area contributed by atoms with Gasteiger partial charge in [0.2, 0.25) is 0 Å². The van der Waals surface area contributed by atoms with E-state index in [1.807, 2.05) is 0 Å². The first-order valence-corrected chi connectivity index (χ1v) is 5.62. The average molecular weight is 263 g/mol. The van der Waals surface area contributed by atoms with Gasteiger partial charge in [0.25, 0.3) is 0 Å². The zero-order chi connectivity index (χ0) is 11.3. The molecule has 0 aliphatic rings. The van der Waals surface area contributed by atoms with Crippen LogP contribution in [0.2, 0.25) is 15.1 Å². The Kier molecular flexibility index (Phi) is 5.28. The van der Waals surface area contributed by atoms with Crippen LogP contribution in [-0.4, -0.2) is 6.54 Å². The van der Waals surface area contributed by atoms with E-state index in [1.54, 1.807) is 12.1 Å². The molecule has 0 unspecified atom stereocenters. The molecule has 1 rings (SSSR count). The maximum absolute atomic E-state index is 5.95. The van der Waals surface area contributed by atoms with Gasteiger partial charge in [-0.05, 0) is 25.1 Å². The number of nitrogens with two attached hydrogens (primary N) is 1. The molecule has 0 bridgehead atoms. The highest BCUT2D eigenvalue weighted by Crippen LogP contribution is 2.28. The lowest BCUT2D eigenvalue weighted by Crippen LogP contribution is -1.96. The maximum Gasteiger partial charge on any atom is 0.0619 e. The van der Waals surface area contributed by atoms with Crippen molar-refractivity contribution >= 4 is 34.8 Å². The van der Waals surface area contributed by atoms with Crippen molar-refractivity contribution in [2.24, 2.45) is 5.73 Å². The van der Waals surface area contributed by atoms with Gasteiger partial charge in [0.15, 0.2) is 0 Å². The Bertz CT molecular complexity index is 381. The van der Waals surface area contributed by atoms with E-state index in [1.165, 1.54) is 0 Å². The molecule has 0 spiro atoms. The Morgan fingerprint density at radius 2 is 1.73 bits per heavy atom. The molecule has 0 radical (unpaired) electrons. The summed E-state index contributed by atoms with van der Waals surface area (Å²) in [5.74, 6) is 5.88. The van der Waals surface area contributed by atoms with Gasteiger partial charge in [-0.3, -0.25) is 0 Å². The second-order valence-corrected chi connectivity index (χ2v) is 4.19. The van der Waals surface area contributed by atoms with Crippen molar-refractivity contribution in [1.82, 2.24) is 0 Å². The molecule has 0 saturated carbocycles. The van der Waals surface area contributed by atoms with E-state index in [-0.39, 0.29) is 0 Å². The quantitative estimate of drug-likeness (QED) is 0.638. The van der Waals surface area contributed by atoms with Crippen LogP contribution in [0.3, 0.4) is 0 Å². The molecule has 15 heavy (non-hydrogen) atoms. The van der Waals surface area contributed by atoms with Crippen LogP contribution in [-0.2, 0) is 0 Å². The van der Waals surface area contributed by atoms with Crippen LogP contribution in [0.25, 0.3) is 0 Å². The van der Waals surface area contributed by atoms with Gasteiger partial charge in [-0.1, -0.05) is 46.6 Å². The van der Waals surface area contributed by atoms with Crippen LogP contribution < -0.4 is 5.73 Å². The minimum atomic E-state index is 0.479. The first kappa shape index (κ1) is 12.7. The number of rotatable bonds is 2. The summed E-state index contributed by atoms with van der Waals surface area (Å²) in [5.41, 5.74) is 5.98. The molecular formula is C11H10Cl3N. The second-order valence-electron chi connectivity index (χ2n) is 2.94. The Morgan fingerprint density at radius 3 is 2.27 bits per heavy atom. The van der Waals surface area contributed by atoms with Gasteiger partial charge in [0, 0.05) is 11.4 Å². The monoisotopic (exact) mass is 261 g/mol. The fraction of sp³-hybridized carbons (Fsp3) is 0.273. The SMILES string of the molecule is NCCCC#Cc1c(Cl)cc(Cl)cc1Cl. The standard InChI is InChI=1S/C11H10Cl3N/c12-8-6-10(13)9(11(14)7-8)4-2-1-3-5-15/h6-7H,1,3,5,15H2. The van der Waals surface area contributed by atoms with E-state index in [4.69, 9.17) is 40.5 Å². The first-order valence-electron chi connectivity index (χ1n) is 4.48. The van der Waals surface area contributed by atoms with Crippen LogP contribution in [0, 0.1) is 11.8 Å². The molecule has 1 aromatic rings. The third-order valence-electron chi connectivity index (χ3n) is 1.73. The van der Waals surface area contributed by atoms with Crippen molar-refractivity contribution in [3.8, 4) is 11.8 Å². The van der Waals surface area contributed by atoms with Crippen molar-refractivity contribution in [2.45, 2.75) is 12.8 Å². The molecule has 0 aliphatic heterocycles. The normalized spacial score (nSPS) is 9.60. The van der Waals surface area contributed by atoms with Crippen molar-refractivity contribution < 1.29 is 0 Å². The van der Waals surface area contributed by atoms with Gasteiger partial charge >= 0.3 is 0 Å². The lowest BCUT2D eigenvalue weighted by molar-refractivity contribution is 0.870. The molecule has 2 N–H and O–H groups in total. The predicted molar refractivity (Wildman–Crippen MR) is 66.6 cm³/mol. The molecular weight excluding hydrogens is 252 g/mol. The zero-order valence-corrected chi connectivity index (χ0v) is 10.3. The molecule has 0 aromatic heterocycles. The van der Waals surface area contributed by atoms with Crippen molar-refractivity contribution in [3.63, 3.8) is 0 Å². The molecule has 80 valence electrons. The van der Waals surface area contributed by atoms with E-state index in [9.17, 15) is 0 Å². The van der Waals surface area contributed by atoms with E-state index < -0.39 is 0 Å². The summed E-state index contributed by atoms with van der Waals surface area (Å²) >= 11 is 17.7. The third-order valence-corrected chi connectivity index (χ3v) is 2.54. The van der Waals surface area contributed by atoms with Gasteiger partial charge < -0.3 is 5.73 Å². The van der Waals surface area contributed by atoms with Crippen molar-refractivity contribution in [2.75, 3.05) is 6.54 Å². The molecule has 0 heterocycles. The minimum absolute atomic E-state index is 0.479. The Labute approximate surface area is 105 Å². The summed E-state index contributed by atoms with van der Waals surface area (Å²) in [6.07, 6.45) is 1.61. The molecule has 0 saturated heterocycles. The third kappa shape index (κ3) is 3.93. The number of hydrogen-bond acceptors (Lipinski definition) is 1. The van der Waals surface area contributed by atoms with E-state index >= 15 is 0 Å². The summed E-state index contributed by atoms with van der Waals surface area (Å²) in [7, 11) is 0. The molecule has 1 aromatic carbocycles. The van der Waals surface area contributed by atoms with Gasteiger partial charge in [0.05, 0.1) is 15.6 Å². The van der Waals surface area contributed by atoms with Gasteiger partial charge in [0.1, 0.15) is 0 Å². The highest BCUT2D eigenvalue weighted by Gasteiger charge is 2.04. The maximum atomic E-state index is 5.95. The molecule has 4 heteroatoms. The van der Waals surface area contributed by atoms with E-state index in [0.29, 0.717) is 27.2 Å². The van der Waals surface area contributed by atoms with Gasteiger partial charge in [-0.2, -0.15) is 0 Å². The van der Waals surface area contributed by atoms with E-state index in [2.05, 4.69) is 11.8 Å². The Hall–Kier alpha value is -0.390. The van der Waals surface area contributed by atoms with Crippen LogP contribution in [0.5, 0.6) is 0 Å². The van der Waals surface area contributed by atoms with Crippen LogP contribution in [0.4, 0.5) is 0 Å². The van der Waals surface area contributed by atoms with Gasteiger partial charge in [-0.15, -0.1) is 0 Å². The van der Waals surface area contributed by atoms with Crippen molar-refractivity contribution in [1.29, 1.82) is 0 Å². The summed E-state index contributed by atoms with van der Waals surface area (Å²) in [4.78, 5) is 0. The zero-order valence-electron chi connectivity index (χ0n) is 7.99. The summed E-state index contributed by atoms with van der Waals surface area (Å²) < 4.78 is 0. The van der Waals surface area contributed by atoms with Crippen molar-refractivity contribution in [3.05, 3.63) is 32.8 Å². The number of unbranched alkanes of at least 4 members (excludes halogenated alkanes) is 1. The number of halogens is 3. The lowest BCUT2D eigenvalue weighted by Gasteiger charge is -2.00. The highest BCUT2D eigenvalue weighted by molar-refractivity contribution is 6.39. The largest absolute Gasteiger partial charge is 0.330 e. The van der Waals surface area contributed by atoms with Crippen LogP contribution in [0.1, 0.15) is 18.4 Å². The minimum Gasteiger partial charge on any atom is -0.330 e. The fourth-order valence-corrected chi connectivity index (χ4v) is 1.91. The highest BCUT2D eigenvalue weighted by atomic mass is 35.5. The Balaban J connectivity index is 2.88. The molecule has 0 aliphatic carbocycles. The fourth-order valence-electron chi connectivity index (χ4n) is 1.00. The average Bonchev–Trinajstić information content (AvgIpc) is 2.15. The molecule has 0 fully saturated rings. The topological polar surface area (TPSA) is 26.0 Å².